The lowest BCUT2D eigenvalue weighted by Crippen LogP contribution is -2.44. The molecule has 1 heterocycles. The van der Waals surface area contributed by atoms with Crippen molar-refractivity contribution >= 4 is 5.91 Å². The van der Waals surface area contributed by atoms with Gasteiger partial charge in [-0.1, -0.05) is 26.2 Å². The molecule has 4 nitrogen and oxygen atoms in total. The van der Waals surface area contributed by atoms with Gasteiger partial charge < -0.3 is 10.0 Å². The van der Waals surface area contributed by atoms with Crippen LogP contribution in [0.4, 0.5) is 0 Å². The van der Waals surface area contributed by atoms with Crippen molar-refractivity contribution in [3.05, 3.63) is 0 Å². The molecule has 96 valence electrons. The summed E-state index contributed by atoms with van der Waals surface area (Å²) in [6, 6.07) is 2.01. The molecule has 0 aromatic heterocycles. The van der Waals surface area contributed by atoms with E-state index < -0.39 is 5.92 Å². The summed E-state index contributed by atoms with van der Waals surface area (Å²) in [6.45, 7) is 2.67. The summed E-state index contributed by atoms with van der Waals surface area (Å²) >= 11 is 0. The zero-order valence-electron chi connectivity index (χ0n) is 10.6. The maximum absolute atomic E-state index is 12.2. The summed E-state index contributed by atoms with van der Waals surface area (Å²) in [5.74, 6) is -0.623. The molecule has 4 heteroatoms. The average Bonchev–Trinajstić information content (AvgIpc) is 2.59. The Morgan fingerprint density at radius 2 is 2.29 bits per heavy atom. The Labute approximate surface area is 103 Å². The first-order valence-electron chi connectivity index (χ1n) is 6.55. The van der Waals surface area contributed by atoms with Crippen LogP contribution in [0.2, 0.25) is 0 Å². The Balaban J connectivity index is 2.72. The van der Waals surface area contributed by atoms with E-state index in [1.165, 1.54) is 0 Å². The summed E-state index contributed by atoms with van der Waals surface area (Å²) in [4.78, 5) is 14.0. The second-order valence-electron chi connectivity index (χ2n) is 4.69. The first kappa shape index (κ1) is 14.0. The number of aliphatic hydroxyl groups is 1. The lowest BCUT2D eigenvalue weighted by Gasteiger charge is -2.30. The molecule has 0 aromatic carbocycles. The minimum atomic E-state index is -0.535. The van der Waals surface area contributed by atoms with Crippen LogP contribution in [-0.4, -0.2) is 35.1 Å². The van der Waals surface area contributed by atoms with Crippen molar-refractivity contribution in [2.24, 2.45) is 5.92 Å². The molecule has 1 rings (SSSR count). The second kappa shape index (κ2) is 7.29. The molecule has 1 fully saturated rings. The van der Waals surface area contributed by atoms with Crippen LogP contribution >= 0.6 is 0 Å². The van der Waals surface area contributed by atoms with E-state index in [4.69, 9.17) is 5.26 Å². The van der Waals surface area contributed by atoms with Crippen LogP contribution in [0.5, 0.6) is 0 Å². The number of carbonyl (C=O) groups is 1. The third-order valence-corrected chi connectivity index (χ3v) is 3.40. The van der Waals surface area contributed by atoms with E-state index in [9.17, 15) is 9.90 Å². The zero-order valence-corrected chi connectivity index (χ0v) is 10.6. The van der Waals surface area contributed by atoms with Gasteiger partial charge in [0.2, 0.25) is 5.91 Å². The number of hydrogen-bond donors (Lipinski definition) is 1. The summed E-state index contributed by atoms with van der Waals surface area (Å²) in [6.07, 6.45) is 5.44. The van der Waals surface area contributed by atoms with Gasteiger partial charge in [0.15, 0.2) is 0 Å². The van der Waals surface area contributed by atoms with Crippen LogP contribution in [-0.2, 0) is 4.79 Å². The van der Waals surface area contributed by atoms with Gasteiger partial charge in [-0.15, -0.1) is 0 Å². The number of nitrogens with zero attached hydrogens (tertiary/aromatic N) is 2. The third kappa shape index (κ3) is 3.71. The molecule has 0 radical (unpaired) electrons. The molecule has 1 N–H and O–H groups in total. The normalized spacial score (nSPS) is 22.6. The van der Waals surface area contributed by atoms with Gasteiger partial charge >= 0.3 is 0 Å². The van der Waals surface area contributed by atoms with Crippen molar-refractivity contribution in [2.75, 3.05) is 13.2 Å². The molecule has 1 aliphatic heterocycles. The molecular weight excluding hydrogens is 216 g/mol. The largest absolute Gasteiger partial charge is 0.394 e. The topological polar surface area (TPSA) is 64.3 Å². The molecule has 1 amide bonds. The van der Waals surface area contributed by atoms with E-state index >= 15 is 0 Å². The van der Waals surface area contributed by atoms with Gasteiger partial charge in [-0.25, -0.2) is 0 Å². The molecule has 1 aliphatic rings. The number of nitriles is 1. The SMILES string of the molecule is CCCC(C#N)C(=O)N1CCCCCC1CO. The highest BCUT2D eigenvalue weighted by molar-refractivity contribution is 5.81. The first-order valence-corrected chi connectivity index (χ1v) is 6.55. The van der Waals surface area contributed by atoms with Gasteiger partial charge in [0.05, 0.1) is 18.7 Å². The minimum absolute atomic E-state index is 0.00993. The van der Waals surface area contributed by atoms with Gasteiger partial charge in [0.1, 0.15) is 5.92 Å². The molecule has 0 saturated carbocycles. The molecule has 2 atom stereocenters. The van der Waals surface area contributed by atoms with Gasteiger partial charge in [0.25, 0.3) is 0 Å². The number of hydrogen-bond acceptors (Lipinski definition) is 3. The smallest absolute Gasteiger partial charge is 0.240 e. The molecule has 0 aliphatic carbocycles. The van der Waals surface area contributed by atoms with Crippen molar-refractivity contribution < 1.29 is 9.90 Å². The maximum Gasteiger partial charge on any atom is 0.240 e. The number of rotatable bonds is 4. The molecule has 1 saturated heterocycles. The Morgan fingerprint density at radius 1 is 1.53 bits per heavy atom. The van der Waals surface area contributed by atoms with Crippen molar-refractivity contribution in [2.45, 2.75) is 51.5 Å². The Kier molecular flexibility index (Phi) is 5.99. The Bertz CT molecular complexity index is 286. The minimum Gasteiger partial charge on any atom is -0.394 e. The Hall–Kier alpha value is -1.08. The van der Waals surface area contributed by atoms with Crippen LogP contribution in [0, 0.1) is 17.2 Å². The predicted octanol–water partition coefficient (Wildman–Crippen LogP) is 1.69. The van der Waals surface area contributed by atoms with E-state index in [0.717, 1.165) is 32.1 Å². The van der Waals surface area contributed by atoms with E-state index in [2.05, 4.69) is 6.07 Å². The van der Waals surface area contributed by atoms with Gasteiger partial charge in [-0.2, -0.15) is 5.26 Å². The van der Waals surface area contributed by atoms with Crippen LogP contribution in [0.1, 0.15) is 45.4 Å². The highest BCUT2D eigenvalue weighted by Gasteiger charge is 2.29. The average molecular weight is 238 g/mol. The number of likely N-dealkylation sites (tertiary alicyclic amines) is 1. The van der Waals surface area contributed by atoms with Gasteiger partial charge in [-0.3, -0.25) is 4.79 Å². The lowest BCUT2D eigenvalue weighted by atomic mass is 10.0. The van der Waals surface area contributed by atoms with E-state index in [0.29, 0.717) is 13.0 Å². The molecule has 2 unspecified atom stereocenters. The van der Waals surface area contributed by atoms with Crippen molar-refractivity contribution in [3.8, 4) is 6.07 Å². The highest BCUT2D eigenvalue weighted by Crippen LogP contribution is 2.20. The van der Waals surface area contributed by atoms with Crippen LogP contribution < -0.4 is 0 Å². The summed E-state index contributed by atoms with van der Waals surface area (Å²) in [5, 5.41) is 18.4. The summed E-state index contributed by atoms with van der Waals surface area (Å²) in [7, 11) is 0. The zero-order chi connectivity index (χ0) is 12.7. The lowest BCUT2D eigenvalue weighted by molar-refractivity contribution is -0.137. The second-order valence-corrected chi connectivity index (χ2v) is 4.69. The first-order chi connectivity index (χ1) is 8.24. The van der Waals surface area contributed by atoms with Crippen molar-refractivity contribution in [1.82, 2.24) is 4.90 Å². The predicted molar refractivity (Wildman–Crippen MR) is 65.1 cm³/mol. The van der Waals surface area contributed by atoms with Crippen LogP contribution in [0.15, 0.2) is 0 Å². The van der Waals surface area contributed by atoms with E-state index in [1.807, 2.05) is 6.92 Å². The maximum atomic E-state index is 12.2. The monoisotopic (exact) mass is 238 g/mol. The molecule has 0 bridgehead atoms. The van der Waals surface area contributed by atoms with Crippen molar-refractivity contribution in [3.63, 3.8) is 0 Å². The summed E-state index contributed by atoms with van der Waals surface area (Å²) < 4.78 is 0. The number of carbonyl (C=O) groups excluding carboxylic acids is 1. The van der Waals surface area contributed by atoms with Crippen LogP contribution in [0.25, 0.3) is 0 Å². The molecule has 0 spiro atoms. The Morgan fingerprint density at radius 3 is 2.88 bits per heavy atom. The summed E-state index contributed by atoms with van der Waals surface area (Å²) in [5.41, 5.74) is 0. The van der Waals surface area contributed by atoms with E-state index in [1.54, 1.807) is 4.90 Å². The van der Waals surface area contributed by atoms with E-state index in [-0.39, 0.29) is 18.6 Å². The molecule has 0 aromatic rings. The fourth-order valence-electron chi connectivity index (χ4n) is 2.39. The number of aliphatic hydroxyl groups excluding tert-OH is 1. The van der Waals surface area contributed by atoms with Gasteiger partial charge in [-0.05, 0) is 19.3 Å². The fraction of sp³-hybridized carbons (Fsp3) is 0.846. The highest BCUT2D eigenvalue weighted by atomic mass is 16.3. The molecular formula is C13H22N2O2. The van der Waals surface area contributed by atoms with Crippen LogP contribution in [0.3, 0.4) is 0 Å². The number of amides is 1. The molecule has 17 heavy (non-hydrogen) atoms. The quantitative estimate of drug-likeness (QED) is 0.810. The fourth-order valence-corrected chi connectivity index (χ4v) is 2.39. The van der Waals surface area contributed by atoms with Crippen molar-refractivity contribution in [1.29, 1.82) is 5.26 Å². The van der Waals surface area contributed by atoms with Gasteiger partial charge in [0, 0.05) is 6.54 Å². The third-order valence-electron chi connectivity index (χ3n) is 3.40. The standard InChI is InChI=1S/C13H22N2O2/c1-2-6-11(9-14)13(17)15-8-5-3-4-7-12(15)10-16/h11-12,16H,2-8,10H2,1H3.